The van der Waals surface area contributed by atoms with Crippen LogP contribution in [0.1, 0.15) is 36.0 Å². The number of ketones is 1. The number of hydrogen-bond donors (Lipinski definition) is 0. The maximum absolute atomic E-state index is 13.2. The average molecular weight is 295 g/mol. The number of aromatic nitrogens is 1. The van der Waals surface area contributed by atoms with Gasteiger partial charge in [-0.2, -0.15) is 11.8 Å². The second-order valence-corrected chi connectivity index (χ2v) is 6.81. The molecule has 1 unspecified atom stereocenters. The van der Waals surface area contributed by atoms with Gasteiger partial charge in [-0.15, -0.1) is 0 Å². The van der Waals surface area contributed by atoms with Crippen molar-refractivity contribution in [3.05, 3.63) is 29.8 Å². The zero-order valence-corrected chi connectivity index (χ0v) is 12.1. The van der Waals surface area contributed by atoms with Crippen molar-refractivity contribution in [2.45, 2.75) is 31.3 Å². The summed E-state index contributed by atoms with van der Waals surface area (Å²) in [7, 11) is 0. The summed E-state index contributed by atoms with van der Waals surface area (Å²) >= 11 is 1.95. The zero-order chi connectivity index (χ0) is 14.0. The molecule has 1 spiro atoms. The number of thioether (sulfide) groups is 1. The lowest BCUT2D eigenvalue weighted by Gasteiger charge is -2.42. The van der Waals surface area contributed by atoms with Crippen molar-refractivity contribution < 1.29 is 13.9 Å². The summed E-state index contributed by atoms with van der Waals surface area (Å²) in [6.45, 7) is 0.629. The Morgan fingerprint density at radius 3 is 2.95 bits per heavy atom. The molecular weight excluding hydrogens is 277 g/mol. The van der Waals surface area contributed by atoms with Gasteiger partial charge in [0.1, 0.15) is 5.82 Å². The molecule has 3 rings (SSSR count). The lowest BCUT2D eigenvalue weighted by Crippen LogP contribution is -2.44. The highest BCUT2D eigenvalue weighted by atomic mass is 32.2. The average Bonchev–Trinajstić information content (AvgIpc) is 2.47. The zero-order valence-electron chi connectivity index (χ0n) is 11.3. The molecule has 2 aliphatic heterocycles. The molecule has 0 bridgehead atoms. The maximum Gasteiger partial charge on any atom is 0.167 e. The normalized spacial score (nSPS) is 25.6. The Hall–Kier alpha value is -0.940. The van der Waals surface area contributed by atoms with Crippen LogP contribution in [0.15, 0.2) is 18.5 Å². The number of ether oxygens (including phenoxy) is 1. The van der Waals surface area contributed by atoms with E-state index in [0.717, 1.165) is 43.4 Å². The van der Waals surface area contributed by atoms with Crippen LogP contribution in [0.5, 0.6) is 0 Å². The molecule has 2 fully saturated rings. The summed E-state index contributed by atoms with van der Waals surface area (Å²) in [5, 5.41) is 0. The number of Topliss-reactive ketones (excluding diaryl/α,β-unsaturated/α-hetero) is 1. The van der Waals surface area contributed by atoms with Gasteiger partial charge < -0.3 is 4.74 Å². The van der Waals surface area contributed by atoms with E-state index in [2.05, 4.69) is 4.98 Å². The Labute approximate surface area is 122 Å². The van der Waals surface area contributed by atoms with Crippen molar-refractivity contribution in [2.75, 3.05) is 18.1 Å². The molecule has 3 heterocycles. The lowest BCUT2D eigenvalue weighted by atomic mass is 9.79. The molecule has 1 aromatic rings. The summed E-state index contributed by atoms with van der Waals surface area (Å²) in [6.07, 6.45) is 6.11. The van der Waals surface area contributed by atoms with Crippen LogP contribution < -0.4 is 0 Å². The molecule has 0 aromatic carbocycles. The van der Waals surface area contributed by atoms with Crippen LogP contribution in [-0.2, 0) is 4.74 Å². The SMILES string of the molecule is O=C(c1cncc(F)c1)C1CCOC2(CCSCC2)C1. The van der Waals surface area contributed by atoms with Gasteiger partial charge in [-0.05, 0) is 43.3 Å². The highest BCUT2D eigenvalue weighted by Gasteiger charge is 2.41. The molecule has 2 saturated heterocycles. The van der Waals surface area contributed by atoms with Gasteiger partial charge in [0.2, 0.25) is 0 Å². The minimum Gasteiger partial charge on any atom is -0.375 e. The van der Waals surface area contributed by atoms with Crippen LogP contribution in [-0.4, -0.2) is 34.5 Å². The van der Waals surface area contributed by atoms with E-state index in [1.54, 1.807) is 0 Å². The number of nitrogens with zero attached hydrogens (tertiary/aromatic N) is 1. The molecule has 0 saturated carbocycles. The summed E-state index contributed by atoms with van der Waals surface area (Å²) < 4.78 is 19.2. The lowest BCUT2D eigenvalue weighted by molar-refractivity contribution is -0.0959. The molecule has 1 aromatic heterocycles. The molecule has 20 heavy (non-hydrogen) atoms. The predicted molar refractivity (Wildman–Crippen MR) is 76.5 cm³/mol. The topological polar surface area (TPSA) is 39.2 Å². The van der Waals surface area contributed by atoms with Crippen LogP contribution in [0.2, 0.25) is 0 Å². The van der Waals surface area contributed by atoms with Gasteiger partial charge >= 0.3 is 0 Å². The maximum atomic E-state index is 13.2. The smallest absolute Gasteiger partial charge is 0.167 e. The number of carbonyl (C=O) groups excluding carboxylic acids is 1. The summed E-state index contributed by atoms with van der Waals surface area (Å²) in [5.74, 6) is 1.70. The molecule has 0 N–H and O–H groups in total. The molecule has 2 aliphatic rings. The quantitative estimate of drug-likeness (QED) is 0.786. The number of rotatable bonds is 2. The first-order valence-corrected chi connectivity index (χ1v) is 8.20. The fraction of sp³-hybridized carbons (Fsp3) is 0.600. The highest BCUT2D eigenvalue weighted by Crippen LogP contribution is 2.40. The van der Waals surface area contributed by atoms with Gasteiger partial charge in [0, 0.05) is 24.3 Å². The van der Waals surface area contributed by atoms with Crippen molar-refractivity contribution in [1.82, 2.24) is 4.98 Å². The van der Waals surface area contributed by atoms with Gasteiger partial charge in [-0.1, -0.05) is 0 Å². The Kier molecular flexibility index (Phi) is 4.08. The van der Waals surface area contributed by atoms with E-state index in [1.165, 1.54) is 12.3 Å². The first kappa shape index (κ1) is 14.0. The van der Waals surface area contributed by atoms with E-state index in [9.17, 15) is 9.18 Å². The van der Waals surface area contributed by atoms with Crippen LogP contribution in [0.3, 0.4) is 0 Å². The van der Waals surface area contributed by atoms with E-state index in [4.69, 9.17) is 4.74 Å². The fourth-order valence-electron chi connectivity index (χ4n) is 3.13. The van der Waals surface area contributed by atoms with Crippen LogP contribution in [0.25, 0.3) is 0 Å². The standard InChI is InChI=1S/C15H18FNO2S/c16-13-7-12(9-17-10-13)14(18)11-1-4-19-15(8-11)2-5-20-6-3-15/h7,9-11H,1-6,8H2. The number of pyridine rings is 1. The van der Waals surface area contributed by atoms with Gasteiger partial charge in [0.05, 0.1) is 11.8 Å². The van der Waals surface area contributed by atoms with Crippen LogP contribution in [0, 0.1) is 11.7 Å². The van der Waals surface area contributed by atoms with Crippen LogP contribution in [0.4, 0.5) is 4.39 Å². The van der Waals surface area contributed by atoms with Gasteiger partial charge in [-0.3, -0.25) is 9.78 Å². The van der Waals surface area contributed by atoms with Crippen molar-refractivity contribution in [1.29, 1.82) is 0 Å². The second kappa shape index (κ2) is 5.82. The molecule has 108 valence electrons. The number of halogens is 1. The Bertz CT molecular complexity index is 497. The van der Waals surface area contributed by atoms with E-state index < -0.39 is 5.82 Å². The molecule has 1 atom stereocenters. The highest BCUT2D eigenvalue weighted by molar-refractivity contribution is 7.99. The fourth-order valence-corrected chi connectivity index (χ4v) is 4.36. The largest absolute Gasteiger partial charge is 0.375 e. The van der Waals surface area contributed by atoms with Crippen molar-refractivity contribution in [3.63, 3.8) is 0 Å². The third kappa shape index (κ3) is 2.88. The summed E-state index contributed by atoms with van der Waals surface area (Å²) in [6, 6.07) is 1.29. The predicted octanol–water partition coefficient (Wildman–Crippen LogP) is 3.10. The molecular formula is C15H18FNO2S. The minimum atomic E-state index is -0.452. The minimum absolute atomic E-state index is 0.0119. The van der Waals surface area contributed by atoms with E-state index in [0.29, 0.717) is 12.2 Å². The first-order valence-electron chi connectivity index (χ1n) is 7.05. The third-order valence-electron chi connectivity index (χ3n) is 4.26. The second-order valence-electron chi connectivity index (χ2n) is 5.59. The van der Waals surface area contributed by atoms with Crippen molar-refractivity contribution in [2.24, 2.45) is 5.92 Å². The Balaban J connectivity index is 1.74. The van der Waals surface area contributed by atoms with Gasteiger partial charge in [0.25, 0.3) is 0 Å². The number of hydrogen-bond acceptors (Lipinski definition) is 4. The Morgan fingerprint density at radius 1 is 1.40 bits per heavy atom. The molecule has 0 aliphatic carbocycles. The third-order valence-corrected chi connectivity index (χ3v) is 5.24. The summed E-state index contributed by atoms with van der Waals surface area (Å²) in [5.41, 5.74) is 0.266. The van der Waals surface area contributed by atoms with Gasteiger partial charge in [0.15, 0.2) is 5.78 Å². The van der Waals surface area contributed by atoms with E-state index in [1.807, 2.05) is 11.8 Å². The van der Waals surface area contributed by atoms with E-state index >= 15 is 0 Å². The molecule has 5 heteroatoms. The molecule has 0 amide bonds. The van der Waals surface area contributed by atoms with Gasteiger partial charge in [-0.25, -0.2) is 4.39 Å². The molecule has 0 radical (unpaired) electrons. The monoisotopic (exact) mass is 295 g/mol. The Morgan fingerprint density at radius 2 is 2.20 bits per heavy atom. The first-order chi connectivity index (χ1) is 9.69. The summed E-state index contributed by atoms with van der Waals surface area (Å²) in [4.78, 5) is 16.3. The number of carbonyl (C=O) groups is 1. The van der Waals surface area contributed by atoms with Crippen molar-refractivity contribution in [3.8, 4) is 0 Å². The van der Waals surface area contributed by atoms with E-state index in [-0.39, 0.29) is 17.3 Å². The molecule has 3 nitrogen and oxygen atoms in total. The van der Waals surface area contributed by atoms with Crippen molar-refractivity contribution >= 4 is 17.5 Å². The van der Waals surface area contributed by atoms with Crippen LogP contribution >= 0.6 is 11.8 Å².